The van der Waals surface area contributed by atoms with Crippen LogP contribution in [-0.2, 0) is 11.3 Å². The highest BCUT2D eigenvalue weighted by atomic mass is 35.5. The molecule has 2 saturated heterocycles. The normalized spacial score (nSPS) is 25.9. The fourth-order valence-electron chi connectivity index (χ4n) is 4.01. The predicted molar refractivity (Wildman–Crippen MR) is 93.6 cm³/mol. The predicted octanol–water partition coefficient (Wildman–Crippen LogP) is 2.54. The average Bonchev–Trinajstić information content (AvgIpc) is 2.84. The number of rotatable bonds is 3. The Morgan fingerprint density at radius 1 is 1.17 bits per heavy atom. The average molecular weight is 336 g/mol. The topological polar surface area (TPSA) is 24.8 Å². The second-order valence-corrected chi connectivity index (χ2v) is 7.53. The monoisotopic (exact) mass is 335 g/mol. The van der Waals surface area contributed by atoms with Crippen molar-refractivity contribution in [2.24, 2.45) is 5.92 Å². The molecule has 1 N–H and O–H groups in total. The lowest BCUT2D eigenvalue weighted by molar-refractivity contribution is -0.921. The fraction of sp³-hybridized carbons (Fsp3) is 0.632. The molecule has 2 heterocycles. The van der Waals surface area contributed by atoms with Crippen molar-refractivity contribution in [3.63, 3.8) is 0 Å². The van der Waals surface area contributed by atoms with Crippen molar-refractivity contribution in [3.05, 3.63) is 34.9 Å². The maximum Gasteiger partial charge on any atom is 0.231 e. The third-order valence-corrected chi connectivity index (χ3v) is 5.46. The lowest BCUT2D eigenvalue weighted by Crippen LogP contribution is -3.12. The molecule has 2 fully saturated rings. The molecule has 23 heavy (non-hydrogen) atoms. The SMILES string of the molecule is O=C([C@@H]1CCC[NH+](Cc2cccc(Cl)c2)C1)N1CCCCCC1. The van der Waals surface area contributed by atoms with Crippen LogP contribution in [0.3, 0.4) is 0 Å². The standard InChI is InChI=1S/C19H27ClN2O/c20-18-9-5-7-16(13-18)14-21-10-6-8-17(15-21)19(23)22-11-3-1-2-4-12-22/h5,7,9,13,17H,1-4,6,8,10-12,14-15H2/p+1/t17-/m1/s1. The summed E-state index contributed by atoms with van der Waals surface area (Å²) in [4.78, 5) is 16.5. The minimum atomic E-state index is 0.219. The van der Waals surface area contributed by atoms with E-state index >= 15 is 0 Å². The highest BCUT2D eigenvalue weighted by molar-refractivity contribution is 6.30. The number of quaternary nitrogens is 1. The van der Waals surface area contributed by atoms with Gasteiger partial charge >= 0.3 is 0 Å². The molecular weight excluding hydrogens is 308 g/mol. The first-order valence-electron chi connectivity index (χ1n) is 9.09. The van der Waals surface area contributed by atoms with Crippen molar-refractivity contribution in [3.8, 4) is 0 Å². The molecule has 4 heteroatoms. The summed E-state index contributed by atoms with van der Waals surface area (Å²) in [6, 6.07) is 8.12. The maximum absolute atomic E-state index is 12.8. The van der Waals surface area contributed by atoms with Crippen LogP contribution in [-0.4, -0.2) is 37.0 Å². The summed E-state index contributed by atoms with van der Waals surface area (Å²) in [5, 5.41) is 0.802. The van der Waals surface area contributed by atoms with Crippen molar-refractivity contribution in [1.82, 2.24) is 4.90 Å². The van der Waals surface area contributed by atoms with Gasteiger partial charge in [-0.15, -0.1) is 0 Å². The first kappa shape index (κ1) is 16.8. The summed E-state index contributed by atoms with van der Waals surface area (Å²) in [7, 11) is 0. The van der Waals surface area contributed by atoms with E-state index in [4.69, 9.17) is 11.6 Å². The quantitative estimate of drug-likeness (QED) is 0.902. The highest BCUT2D eigenvalue weighted by Crippen LogP contribution is 2.17. The Hall–Kier alpha value is -1.06. The maximum atomic E-state index is 12.8. The van der Waals surface area contributed by atoms with Crippen LogP contribution in [0.15, 0.2) is 24.3 Å². The van der Waals surface area contributed by atoms with Gasteiger partial charge < -0.3 is 9.80 Å². The zero-order valence-corrected chi connectivity index (χ0v) is 14.7. The number of benzene rings is 1. The largest absolute Gasteiger partial charge is 0.342 e. The molecule has 2 aliphatic rings. The number of halogens is 1. The minimum absolute atomic E-state index is 0.219. The van der Waals surface area contributed by atoms with Gasteiger partial charge in [0.05, 0.1) is 19.0 Å². The van der Waals surface area contributed by atoms with Gasteiger partial charge in [-0.3, -0.25) is 4.79 Å². The molecule has 0 bridgehead atoms. The molecule has 2 atom stereocenters. The number of piperidine rings is 1. The van der Waals surface area contributed by atoms with Gasteiger partial charge in [-0.05, 0) is 37.8 Å². The highest BCUT2D eigenvalue weighted by Gasteiger charge is 2.31. The van der Waals surface area contributed by atoms with E-state index in [0.29, 0.717) is 5.91 Å². The second-order valence-electron chi connectivity index (χ2n) is 7.09. The van der Waals surface area contributed by atoms with Gasteiger partial charge in [0.15, 0.2) is 0 Å². The molecule has 3 nitrogen and oxygen atoms in total. The smallest absolute Gasteiger partial charge is 0.231 e. The molecule has 1 aromatic carbocycles. The number of nitrogens with one attached hydrogen (secondary N) is 1. The number of nitrogens with zero attached hydrogens (tertiary/aromatic N) is 1. The van der Waals surface area contributed by atoms with Gasteiger partial charge in [0.2, 0.25) is 5.91 Å². The van der Waals surface area contributed by atoms with Gasteiger partial charge in [-0.1, -0.05) is 36.6 Å². The van der Waals surface area contributed by atoms with Gasteiger partial charge in [-0.2, -0.15) is 0 Å². The number of carbonyl (C=O) groups excluding carboxylic acids is 1. The molecule has 0 saturated carbocycles. The van der Waals surface area contributed by atoms with E-state index in [1.54, 1.807) is 0 Å². The molecule has 1 aromatic rings. The van der Waals surface area contributed by atoms with Crippen LogP contribution in [0.2, 0.25) is 5.02 Å². The van der Waals surface area contributed by atoms with Crippen molar-refractivity contribution in [2.45, 2.75) is 45.1 Å². The molecule has 0 spiro atoms. The number of likely N-dealkylation sites (tertiary alicyclic amines) is 2. The zero-order chi connectivity index (χ0) is 16.1. The Morgan fingerprint density at radius 3 is 2.70 bits per heavy atom. The Balaban J connectivity index is 1.57. The molecule has 0 aliphatic carbocycles. The summed E-state index contributed by atoms with van der Waals surface area (Å²) in [6.45, 7) is 5.06. The van der Waals surface area contributed by atoms with Crippen LogP contribution in [0, 0.1) is 5.92 Å². The van der Waals surface area contributed by atoms with Crippen molar-refractivity contribution < 1.29 is 9.69 Å². The third-order valence-electron chi connectivity index (χ3n) is 5.23. The summed E-state index contributed by atoms with van der Waals surface area (Å²) < 4.78 is 0. The number of hydrogen-bond donors (Lipinski definition) is 1. The first-order valence-corrected chi connectivity index (χ1v) is 9.47. The Labute approximate surface area is 144 Å². The van der Waals surface area contributed by atoms with Crippen LogP contribution in [0.5, 0.6) is 0 Å². The summed E-state index contributed by atoms with van der Waals surface area (Å²) in [6.07, 6.45) is 7.13. The first-order chi connectivity index (χ1) is 11.2. The number of carbonyl (C=O) groups is 1. The van der Waals surface area contributed by atoms with E-state index in [1.165, 1.54) is 36.1 Å². The van der Waals surface area contributed by atoms with E-state index < -0.39 is 0 Å². The van der Waals surface area contributed by atoms with Crippen molar-refractivity contribution >= 4 is 17.5 Å². The summed E-state index contributed by atoms with van der Waals surface area (Å²) in [5.41, 5.74) is 1.27. The van der Waals surface area contributed by atoms with Crippen molar-refractivity contribution in [1.29, 1.82) is 0 Å². The molecule has 0 radical (unpaired) electrons. The van der Waals surface area contributed by atoms with Gasteiger partial charge in [0, 0.05) is 23.7 Å². The van der Waals surface area contributed by atoms with E-state index in [1.807, 2.05) is 12.1 Å². The van der Waals surface area contributed by atoms with Crippen LogP contribution in [0.1, 0.15) is 44.1 Å². The number of amides is 1. The Bertz CT molecular complexity index is 526. The van der Waals surface area contributed by atoms with E-state index in [9.17, 15) is 4.79 Å². The minimum Gasteiger partial charge on any atom is -0.342 e. The second kappa shape index (κ2) is 8.16. The van der Waals surface area contributed by atoms with Crippen LogP contribution in [0.25, 0.3) is 0 Å². The molecule has 3 rings (SSSR count). The van der Waals surface area contributed by atoms with Crippen LogP contribution >= 0.6 is 11.6 Å². The van der Waals surface area contributed by atoms with Gasteiger partial charge in [0.25, 0.3) is 0 Å². The lowest BCUT2D eigenvalue weighted by Gasteiger charge is -2.32. The van der Waals surface area contributed by atoms with Gasteiger partial charge in [0.1, 0.15) is 6.54 Å². The zero-order valence-electron chi connectivity index (χ0n) is 13.9. The van der Waals surface area contributed by atoms with E-state index in [2.05, 4.69) is 17.0 Å². The van der Waals surface area contributed by atoms with Crippen LogP contribution in [0.4, 0.5) is 0 Å². The number of hydrogen-bond acceptors (Lipinski definition) is 1. The van der Waals surface area contributed by atoms with Crippen molar-refractivity contribution in [2.75, 3.05) is 26.2 Å². The molecule has 0 aromatic heterocycles. The van der Waals surface area contributed by atoms with E-state index in [-0.39, 0.29) is 5.92 Å². The molecule has 1 amide bonds. The summed E-state index contributed by atoms with van der Waals surface area (Å²) in [5.74, 6) is 0.631. The molecular formula is C19H28ClN2O+. The van der Waals surface area contributed by atoms with Gasteiger partial charge in [-0.25, -0.2) is 0 Å². The Kier molecular flexibility index (Phi) is 5.96. The molecule has 126 valence electrons. The van der Waals surface area contributed by atoms with E-state index in [0.717, 1.165) is 50.6 Å². The Morgan fingerprint density at radius 2 is 1.96 bits per heavy atom. The lowest BCUT2D eigenvalue weighted by atomic mass is 9.96. The van der Waals surface area contributed by atoms with Crippen LogP contribution < -0.4 is 4.90 Å². The molecule has 1 unspecified atom stereocenters. The summed E-state index contributed by atoms with van der Waals surface area (Å²) >= 11 is 6.09. The molecule has 2 aliphatic heterocycles. The fourth-order valence-corrected chi connectivity index (χ4v) is 4.22. The third kappa shape index (κ3) is 4.71.